The van der Waals surface area contributed by atoms with E-state index in [0.29, 0.717) is 19.4 Å². The number of hydrogen-bond donors (Lipinski definition) is 3. The van der Waals surface area contributed by atoms with Crippen molar-refractivity contribution in [3.63, 3.8) is 0 Å². The molecule has 0 aliphatic rings. The number of aliphatic carboxylic acids is 1. The molecule has 116 valence electrons. The monoisotopic (exact) mass is 296 g/mol. The van der Waals surface area contributed by atoms with E-state index in [1.54, 1.807) is 12.1 Å². The number of carbonyl (C=O) groups is 2. The zero-order valence-corrected chi connectivity index (χ0v) is 12.2. The van der Waals surface area contributed by atoms with E-state index in [1.165, 1.54) is 12.1 Å². The Kier molecular flexibility index (Phi) is 6.65. The lowest BCUT2D eigenvalue weighted by molar-refractivity contribution is -0.139. The molecular weight excluding hydrogens is 275 g/mol. The number of nitrogens with one attached hydrogen (secondary N) is 2. The van der Waals surface area contributed by atoms with Gasteiger partial charge in [0, 0.05) is 6.54 Å². The Balaban J connectivity index is 2.35. The molecule has 2 amide bonds. The summed E-state index contributed by atoms with van der Waals surface area (Å²) < 4.78 is 12.7. The van der Waals surface area contributed by atoms with Gasteiger partial charge in [0.1, 0.15) is 11.9 Å². The first-order valence-electron chi connectivity index (χ1n) is 6.90. The fourth-order valence-corrected chi connectivity index (χ4v) is 1.87. The number of carbonyl (C=O) groups excluding carboxylic acids is 1. The summed E-state index contributed by atoms with van der Waals surface area (Å²) in [5.74, 6) is -1.18. The summed E-state index contributed by atoms with van der Waals surface area (Å²) in [6, 6.07) is 4.61. The van der Waals surface area contributed by atoms with Gasteiger partial charge in [-0.05, 0) is 36.5 Å². The van der Waals surface area contributed by atoms with Gasteiger partial charge in [-0.15, -0.1) is 0 Å². The Hall–Kier alpha value is -2.11. The third-order valence-electron chi connectivity index (χ3n) is 2.92. The van der Waals surface area contributed by atoms with Gasteiger partial charge >= 0.3 is 12.0 Å². The van der Waals surface area contributed by atoms with Gasteiger partial charge in [0.2, 0.25) is 0 Å². The van der Waals surface area contributed by atoms with E-state index in [1.807, 2.05) is 13.8 Å². The average molecular weight is 296 g/mol. The maximum Gasteiger partial charge on any atom is 0.326 e. The highest BCUT2D eigenvalue weighted by molar-refractivity contribution is 5.82. The SMILES string of the molecule is CC(C)C[C@H](NC(=O)NCCc1ccc(F)cc1)C(=O)O. The van der Waals surface area contributed by atoms with E-state index in [0.717, 1.165) is 5.56 Å². The minimum atomic E-state index is -1.04. The first-order chi connectivity index (χ1) is 9.88. The first-order valence-corrected chi connectivity index (χ1v) is 6.90. The van der Waals surface area contributed by atoms with E-state index in [-0.39, 0.29) is 11.7 Å². The van der Waals surface area contributed by atoms with Crippen molar-refractivity contribution in [2.24, 2.45) is 5.92 Å². The molecule has 3 N–H and O–H groups in total. The molecule has 0 aliphatic heterocycles. The summed E-state index contributed by atoms with van der Waals surface area (Å²) in [5, 5.41) is 14.1. The third-order valence-corrected chi connectivity index (χ3v) is 2.92. The van der Waals surface area contributed by atoms with E-state index < -0.39 is 18.0 Å². The molecule has 6 heteroatoms. The number of halogens is 1. The second-order valence-electron chi connectivity index (χ2n) is 5.30. The Bertz CT molecular complexity index is 474. The van der Waals surface area contributed by atoms with Crippen LogP contribution in [0.5, 0.6) is 0 Å². The quantitative estimate of drug-likeness (QED) is 0.721. The summed E-state index contributed by atoms with van der Waals surface area (Å²) in [6.45, 7) is 4.14. The standard InChI is InChI=1S/C15H21FN2O3/c1-10(2)9-13(14(19)20)18-15(21)17-8-7-11-3-5-12(16)6-4-11/h3-6,10,13H,7-9H2,1-2H3,(H,19,20)(H2,17,18,21)/t13-/m0/s1. The predicted molar refractivity (Wildman–Crippen MR) is 77.5 cm³/mol. The molecule has 0 radical (unpaired) electrons. The lowest BCUT2D eigenvalue weighted by atomic mass is 10.0. The van der Waals surface area contributed by atoms with Gasteiger partial charge in [-0.1, -0.05) is 26.0 Å². The van der Waals surface area contributed by atoms with Crippen molar-refractivity contribution in [1.29, 1.82) is 0 Å². The lowest BCUT2D eigenvalue weighted by Crippen LogP contribution is -2.47. The van der Waals surface area contributed by atoms with Crippen LogP contribution in [0.2, 0.25) is 0 Å². The molecule has 0 saturated heterocycles. The van der Waals surface area contributed by atoms with Gasteiger partial charge in [0.05, 0.1) is 0 Å². The fourth-order valence-electron chi connectivity index (χ4n) is 1.87. The summed E-state index contributed by atoms with van der Waals surface area (Å²) in [4.78, 5) is 22.7. The minimum absolute atomic E-state index is 0.172. The van der Waals surface area contributed by atoms with Gasteiger partial charge in [-0.3, -0.25) is 0 Å². The van der Waals surface area contributed by atoms with Crippen molar-refractivity contribution in [2.75, 3.05) is 6.54 Å². The molecule has 1 rings (SSSR count). The average Bonchev–Trinajstić information content (AvgIpc) is 2.39. The summed E-state index contributed by atoms with van der Waals surface area (Å²) in [6.07, 6.45) is 0.927. The number of hydrogen-bond acceptors (Lipinski definition) is 2. The van der Waals surface area contributed by atoms with Gasteiger partial charge < -0.3 is 15.7 Å². The van der Waals surface area contributed by atoms with Gasteiger partial charge in [-0.2, -0.15) is 0 Å². The largest absolute Gasteiger partial charge is 0.480 e. The van der Waals surface area contributed by atoms with Crippen LogP contribution in [0.25, 0.3) is 0 Å². The summed E-state index contributed by atoms with van der Waals surface area (Å²) in [7, 11) is 0. The molecule has 0 bridgehead atoms. The van der Waals surface area contributed by atoms with E-state index in [9.17, 15) is 14.0 Å². The van der Waals surface area contributed by atoms with Crippen LogP contribution in [-0.2, 0) is 11.2 Å². The maximum atomic E-state index is 12.7. The van der Waals surface area contributed by atoms with Crippen LogP contribution in [0.1, 0.15) is 25.8 Å². The van der Waals surface area contributed by atoms with E-state index in [2.05, 4.69) is 10.6 Å². The van der Waals surface area contributed by atoms with Gasteiger partial charge in [-0.25, -0.2) is 14.0 Å². The smallest absolute Gasteiger partial charge is 0.326 e. The first kappa shape index (κ1) is 16.9. The van der Waals surface area contributed by atoms with Gasteiger partial charge in [0.15, 0.2) is 0 Å². The second-order valence-corrected chi connectivity index (χ2v) is 5.30. The third kappa shape index (κ3) is 6.74. The van der Waals surface area contributed by atoms with Crippen LogP contribution in [0.15, 0.2) is 24.3 Å². The second kappa shape index (κ2) is 8.24. The van der Waals surface area contributed by atoms with Crippen LogP contribution >= 0.6 is 0 Å². The fraction of sp³-hybridized carbons (Fsp3) is 0.467. The molecule has 1 aromatic rings. The zero-order valence-electron chi connectivity index (χ0n) is 12.2. The highest BCUT2D eigenvalue weighted by atomic mass is 19.1. The Morgan fingerprint density at radius 3 is 2.38 bits per heavy atom. The van der Waals surface area contributed by atoms with E-state index in [4.69, 9.17) is 5.11 Å². The number of carboxylic acids is 1. The number of carboxylic acid groups (broad SMARTS) is 1. The summed E-state index contributed by atoms with van der Waals surface area (Å²) >= 11 is 0. The molecule has 0 saturated carbocycles. The molecule has 0 aromatic heterocycles. The molecule has 1 aromatic carbocycles. The van der Waals surface area contributed by atoms with E-state index >= 15 is 0 Å². The number of urea groups is 1. The topological polar surface area (TPSA) is 78.4 Å². The zero-order chi connectivity index (χ0) is 15.8. The molecule has 5 nitrogen and oxygen atoms in total. The number of benzene rings is 1. The number of rotatable bonds is 7. The molecule has 0 fully saturated rings. The van der Waals surface area contributed by atoms with Crippen molar-refractivity contribution in [2.45, 2.75) is 32.7 Å². The lowest BCUT2D eigenvalue weighted by Gasteiger charge is -2.16. The number of amides is 2. The van der Waals surface area contributed by atoms with Crippen LogP contribution in [-0.4, -0.2) is 29.7 Å². The maximum absolute atomic E-state index is 12.7. The molecule has 0 unspecified atom stereocenters. The van der Waals surface area contributed by atoms with Crippen LogP contribution in [0.4, 0.5) is 9.18 Å². The molecule has 0 spiro atoms. The van der Waals surface area contributed by atoms with Crippen LogP contribution in [0, 0.1) is 11.7 Å². The summed E-state index contributed by atoms with van der Waals surface area (Å²) in [5.41, 5.74) is 0.897. The Morgan fingerprint density at radius 2 is 1.86 bits per heavy atom. The normalized spacial score (nSPS) is 12.0. The van der Waals surface area contributed by atoms with Crippen molar-refractivity contribution < 1.29 is 19.1 Å². The van der Waals surface area contributed by atoms with Crippen LogP contribution in [0.3, 0.4) is 0 Å². The molecule has 0 aliphatic carbocycles. The molecule has 0 heterocycles. The molecule has 1 atom stereocenters. The van der Waals surface area contributed by atoms with Crippen molar-refractivity contribution in [3.05, 3.63) is 35.6 Å². The Morgan fingerprint density at radius 1 is 1.24 bits per heavy atom. The van der Waals surface area contributed by atoms with Crippen molar-refractivity contribution in [3.8, 4) is 0 Å². The Labute approximate surface area is 123 Å². The van der Waals surface area contributed by atoms with Crippen LogP contribution < -0.4 is 10.6 Å². The minimum Gasteiger partial charge on any atom is -0.480 e. The van der Waals surface area contributed by atoms with Crippen molar-refractivity contribution >= 4 is 12.0 Å². The molecular formula is C15H21FN2O3. The van der Waals surface area contributed by atoms with Crippen molar-refractivity contribution in [1.82, 2.24) is 10.6 Å². The highest BCUT2D eigenvalue weighted by Crippen LogP contribution is 2.05. The van der Waals surface area contributed by atoms with Gasteiger partial charge in [0.25, 0.3) is 0 Å². The molecule has 21 heavy (non-hydrogen) atoms. The highest BCUT2D eigenvalue weighted by Gasteiger charge is 2.20. The predicted octanol–water partition coefficient (Wildman–Crippen LogP) is 2.17.